The summed E-state index contributed by atoms with van der Waals surface area (Å²) < 4.78 is 5.47. The topological polar surface area (TPSA) is 74.5 Å². The van der Waals surface area contributed by atoms with Gasteiger partial charge in [-0.25, -0.2) is 5.53 Å². The van der Waals surface area contributed by atoms with Crippen molar-refractivity contribution in [3.8, 4) is 11.3 Å². The van der Waals surface area contributed by atoms with Crippen LogP contribution >= 0.6 is 23.2 Å². The Bertz CT molecular complexity index is 905. The molecule has 0 saturated carbocycles. The summed E-state index contributed by atoms with van der Waals surface area (Å²) in [5, 5.41) is 9.98. The Morgan fingerprint density at radius 2 is 1.82 bits per heavy atom. The number of fused-ring (bicyclic) bond motifs is 1. The number of amidine groups is 1. The first kappa shape index (κ1) is 13.4. The highest BCUT2D eigenvalue weighted by Gasteiger charge is 2.15. The number of hydrazine groups is 2. The van der Waals surface area contributed by atoms with Crippen molar-refractivity contribution in [3.05, 3.63) is 52.0 Å². The number of halogens is 2. The van der Waals surface area contributed by atoms with E-state index in [0.29, 0.717) is 21.6 Å². The molecular formula is C14H9Cl2N5O. The molecule has 0 spiro atoms. The van der Waals surface area contributed by atoms with E-state index < -0.39 is 0 Å². The van der Waals surface area contributed by atoms with E-state index in [4.69, 9.17) is 27.7 Å². The van der Waals surface area contributed by atoms with E-state index in [1.165, 1.54) is 0 Å². The van der Waals surface area contributed by atoms with Gasteiger partial charge in [0.2, 0.25) is 0 Å². The van der Waals surface area contributed by atoms with Crippen LogP contribution in [-0.2, 0) is 0 Å². The lowest BCUT2D eigenvalue weighted by Gasteiger charge is -2.02. The quantitative estimate of drug-likeness (QED) is 0.672. The lowest BCUT2D eigenvalue weighted by molar-refractivity contribution is 0.441. The molecule has 1 aromatic heterocycles. The number of aromatic nitrogens is 1. The molecule has 0 amide bonds. The molecule has 2 heterocycles. The molecule has 0 saturated heterocycles. The Morgan fingerprint density at radius 3 is 2.59 bits per heavy atom. The van der Waals surface area contributed by atoms with E-state index in [1.807, 2.05) is 24.3 Å². The summed E-state index contributed by atoms with van der Waals surface area (Å²) in [4.78, 5) is 0. The standard InChI is InChI=1S/C14H9Cl2N5O/c15-10-3-1-7(6-11(10)16)13-9-5-8(14-17-20-21-18-14)2-4-12(9)19-22-13/h1-6,20-21H,(H,17,18). The number of hydrogen-bond acceptors (Lipinski definition) is 6. The van der Waals surface area contributed by atoms with Crippen LogP contribution < -0.4 is 16.5 Å². The zero-order valence-corrected chi connectivity index (χ0v) is 12.5. The molecule has 1 aliphatic heterocycles. The Morgan fingerprint density at radius 1 is 0.955 bits per heavy atom. The van der Waals surface area contributed by atoms with Crippen molar-refractivity contribution in [3.63, 3.8) is 0 Å². The largest absolute Gasteiger partial charge is 0.355 e. The first-order chi connectivity index (χ1) is 10.7. The Balaban J connectivity index is 1.87. The normalized spacial score (nSPS) is 13.8. The molecule has 2 aromatic carbocycles. The van der Waals surface area contributed by atoms with Gasteiger partial charge < -0.3 is 4.52 Å². The van der Waals surface area contributed by atoms with Crippen LogP contribution in [0.2, 0.25) is 10.0 Å². The monoisotopic (exact) mass is 333 g/mol. The first-order valence-corrected chi connectivity index (χ1v) is 7.17. The van der Waals surface area contributed by atoms with Gasteiger partial charge in [-0.05, 0) is 36.4 Å². The van der Waals surface area contributed by atoms with E-state index in [2.05, 4.69) is 26.8 Å². The van der Waals surface area contributed by atoms with Crippen molar-refractivity contribution in [2.45, 2.75) is 0 Å². The summed E-state index contributed by atoms with van der Waals surface area (Å²) in [6.45, 7) is 0. The Hall–Kier alpha value is -2.28. The summed E-state index contributed by atoms with van der Waals surface area (Å²) in [5.74, 6) is 1.32. The smallest absolute Gasteiger partial charge is 0.174 e. The zero-order valence-electron chi connectivity index (χ0n) is 11.0. The lowest BCUT2D eigenvalue weighted by atomic mass is 10.1. The summed E-state index contributed by atoms with van der Waals surface area (Å²) in [7, 11) is 0. The van der Waals surface area contributed by atoms with E-state index in [1.54, 1.807) is 12.1 Å². The van der Waals surface area contributed by atoms with E-state index in [0.717, 1.165) is 22.0 Å². The predicted octanol–water partition coefficient (Wildman–Crippen LogP) is 3.08. The van der Waals surface area contributed by atoms with Gasteiger partial charge >= 0.3 is 0 Å². The van der Waals surface area contributed by atoms with Gasteiger partial charge in [0.15, 0.2) is 11.6 Å². The minimum atomic E-state index is 0.468. The van der Waals surface area contributed by atoms with Gasteiger partial charge in [-0.2, -0.15) is 0 Å². The summed E-state index contributed by atoms with van der Waals surface area (Å²) in [6.07, 6.45) is 0. The van der Waals surface area contributed by atoms with Crippen molar-refractivity contribution >= 4 is 39.9 Å². The minimum absolute atomic E-state index is 0.468. The van der Waals surface area contributed by atoms with Gasteiger partial charge in [0.1, 0.15) is 5.52 Å². The number of nitrogens with one attached hydrogen (secondary N) is 3. The van der Waals surface area contributed by atoms with Crippen LogP contribution in [0.25, 0.3) is 22.2 Å². The van der Waals surface area contributed by atoms with Crippen LogP contribution in [0.1, 0.15) is 5.56 Å². The molecule has 0 aliphatic carbocycles. The van der Waals surface area contributed by atoms with E-state index in [-0.39, 0.29) is 0 Å². The van der Waals surface area contributed by atoms with Gasteiger partial charge in [-0.15, -0.1) is 10.6 Å². The molecule has 0 bridgehead atoms. The Labute approximate surface area is 135 Å². The molecule has 110 valence electrons. The number of hydrogen-bond donors (Lipinski definition) is 3. The lowest BCUT2D eigenvalue weighted by Crippen LogP contribution is -2.35. The second-order valence-electron chi connectivity index (χ2n) is 4.69. The van der Waals surface area contributed by atoms with Crippen molar-refractivity contribution in [2.24, 2.45) is 5.10 Å². The van der Waals surface area contributed by atoms with Crippen LogP contribution in [0.15, 0.2) is 46.0 Å². The van der Waals surface area contributed by atoms with E-state index in [9.17, 15) is 0 Å². The highest BCUT2D eigenvalue weighted by molar-refractivity contribution is 6.42. The fraction of sp³-hybridized carbons (Fsp3) is 0. The van der Waals surface area contributed by atoms with Crippen LogP contribution in [-0.4, -0.2) is 11.0 Å². The number of nitrogens with zero attached hydrogens (tertiary/aromatic N) is 2. The molecule has 3 N–H and O–H groups in total. The molecule has 0 radical (unpaired) electrons. The third-order valence-electron chi connectivity index (χ3n) is 3.34. The summed E-state index contributed by atoms with van der Waals surface area (Å²) >= 11 is 12.0. The number of benzene rings is 2. The summed E-state index contributed by atoms with van der Waals surface area (Å²) in [6, 6.07) is 11.1. The van der Waals surface area contributed by atoms with Gasteiger partial charge in [-0.1, -0.05) is 28.4 Å². The average molecular weight is 334 g/mol. The fourth-order valence-electron chi connectivity index (χ4n) is 2.27. The molecule has 3 aromatic rings. The zero-order chi connectivity index (χ0) is 15.1. The molecule has 6 nitrogen and oxygen atoms in total. The van der Waals surface area contributed by atoms with Crippen molar-refractivity contribution in [2.75, 3.05) is 0 Å². The highest BCUT2D eigenvalue weighted by Crippen LogP contribution is 2.33. The van der Waals surface area contributed by atoms with Gasteiger partial charge in [0.05, 0.1) is 15.4 Å². The van der Waals surface area contributed by atoms with Crippen molar-refractivity contribution < 1.29 is 4.52 Å². The predicted molar refractivity (Wildman–Crippen MR) is 85.4 cm³/mol. The fourth-order valence-corrected chi connectivity index (χ4v) is 2.57. The highest BCUT2D eigenvalue weighted by atomic mass is 35.5. The van der Waals surface area contributed by atoms with Crippen LogP contribution in [0.4, 0.5) is 0 Å². The van der Waals surface area contributed by atoms with Gasteiger partial charge in [-0.3, -0.25) is 5.43 Å². The molecule has 1 aliphatic rings. The van der Waals surface area contributed by atoms with Crippen LogP contribution in [0, 0.1) is 0 Å². The third kappa shape index (κ3) is 2.18. The molecule has 8 heteroatoms. The minimum Gasteiger partial charge on any atom is -0.355 e. The Kier molecular flexibility index (Phi) is 3.15. The van der Waals surface area contributed by atoms with Crippen LogP contribution in [0.5, 0.6) is 0 Å². The molecule has 22 heavy (non-hydrogen) atoms. The van der Waals surface area contributed by atoms with E-state index >= 15 is 0 Å². The maximum Gasteiger partial charge on any atom is 0.174 e. The second-order valence-corrected chi connectivity index (χ2v) is 5.51. The van der Waals surface area contributed by atoms with Gasteiger partial charge in [0, 0.05) is 11.1 Å². The molecule has 0 atom stereocenters. The molecule has 4 rings (SSSR count). The number of rotatable bonds is 2. The molecule has 0 fully saturated rings. The maximum absolute atomic E-state index is 6.08. The van der Waals surface area contributed by atoms with Crippen molar-refractivity contribution in [1.82, 2.24) is 21.7 Å². The van der Waals surface area contributed by atoms with Crippen molar-refractivity contribution in [1.29, 1.82) is 0 Å². The number of hydrazone groups is 1. The molecular weight excluding hydrogens is 325 g/mol. The summed E-state index contributed by atoms with van der Waals surface area (Å²) in [5.41, 5.74) is 10.7. The second kappa shape index (κ2) is 5.17. The average Bonchev–Trinajstić information content (AvgIpc) is 3.18. The maximum atomic E-state index is 6.08. The SMILES string of the molecule is Clc1ccc(-c2onc3ccc(C4=NNNN4)cc23)cc1Cl. The van der Waals surface area contributed by atoms with Crippen LogP contribution in [0.3, 0.4) is 0 Å². The first-order valence-electron chi connectivity index (χ1n) is 6.41. The molecule has 0 unspecified atom stereocenters. The van der Waals surface area contributed by atoms with Gasteiger partial charge in [0.25, 0.3) is 0 Å². The third-order valence-corrected chi connectivity index (χ3v) is 4.08.